The highest BCUT2D eigenvalue weighted by Crippen LogP contribution is 2.38. The summed E-state index contributed by atoms with van der Waals surface area (Å²) in [4.78, 5) is 0. The second-order valence-corrected chi connectivity index (χ2v) is 14.0. The van der Waals surface area contributed by atoms with Crippen LogP contribution in [-0.4, -0.2) is 13.7 Å². The largest absolute Gasteiger partial charge is 0.309 e. The van der Waals surface area contributed by atoms with Crippen LogP contribution in [0.3, 0.4) is 0 Å². The van der Waals surface area contributed by atoms with E-state index in [1.807, 2.05) is 24.3 Å². The average molecular weight is 700 g/mol. The third-order valence-electron chi connectivity index (χ3n) is 11.1. The van der Waals surface area contributed by atoms with Gasteiger partial charge in [0.2, 0.25) is 0 Å². The van der Waals surface area contributed by atoms with Gasteiger partial charge < -0.3 is 13.7 Å². The molecule has 0 aliphatic heterocycles. The zero-order valence-electron chi connectivity index (χ0n) is 29.5. The van der Waals surface area contributed by atoms with Gasteiger partial charge in [-0.1, -0.05) is 84.9 Å². The molecule has 0 saturated heterocycles. The van der Waals surface area contributed by atoms with Crippen molar-refractivity contribution >= 4 is 65.4 Å². The lowest BCUT2D eigenvalue weighted by Crippen LogP contribution is -1.97. The summed E-state index contributed by atoms with van der Waals surface area (Å²) in [5.74, 6) is 0. The highest BCUT2D eigenvalue weighted by molar-refractivity contribution is 6.13. The highest BCUT2D eigenvalue weighted by atomic mass is 15.0. The Morgan fingerprint density at radius 1 is 0.291 bits per heavy atom. The van der Waals surface area contributed by atoms with Crippen molar-refractivity contribution in [1.82, 2.24) is 13.7 Å². The van der Waals surface area contributed by atoms with E-state index in [2.05, 4.69) is 177 Å². The molecule has 0 N–H and O–H groups in total. The molecule has 5 nitrogen and oxygen atoms in total. The fraction of sp³-hybridized carbons (Fsp3) is 0. The summed E-state index contributed by atoms with van der Waals surface area (Å²) >= 11 is 0. The van der Waals surface area contributed by atoms with Crippen molar-refractivity contribution in [3.63, 3.8) is 0 Å². The number of fused-ring (bicyclic) bond motifs is 9. The van der Waals surface area contributed by atoms with Crippen LogP contribution >= 0.6 is 0 Å². The van der Waals surface area contributed by atoms with Gasteiger partial charge in [0.15, 0.2) is 0 Å². The fourth-order valence-corrected chi connectivity index (χ4v) is 8.67. The molecule has 8 aromatic carbocycles. The maximum absolute atomic E-state index is 10.2. The van der Waals surface area contributed by atoms with Crippen LogP contribution in [0.15, 0.2) is 176 Å². The van der Waals surface area contributed by atoms with Crippen molar-refractivity contribution in [3.05, 3.63) is 187 Å². The maximum Gasteiger partial charge on any atom is 0.0992 e. The molecular weight excluding hydrogens is 671 g/mol. The third kappa shape index (κ3) is 4.58. The molecule has 0 atom stereocenters. The van der Waals surface area contributed by atoms with Crippen molar-refractivity contribution in [3.8, 4) is 40.3 Å². The van der Waals surface area contributed by atoms with E-state index in [-0.39, 0.29) is 0 Å². The zero-order valence-corrected chi connectivity index (χ0v) is 29.5. The smallest absolute Gasteiger partial charge is 0.0992 e. The molecule has 55 heavy (non-hydrogen) atoms. The van der Waals surface area contributed by atoms with Crippen molar-refractivity contribution in [2.24, 2.45) is 0 Å². The Balaban J connectivity index is 1.04. The van der Waals surface area contributed by atoms with Crippen LogP contribution in [0.2, 0.25) is 0 Å². The fourth-order valence-electron chi connectivity index (χ4n) is 8.67. The monoisotopic (exact) mass is 699 g/mol. The second kappa shape index (κ2) is 11.8. The minimum atomic E-state index is 0.616. The lowest BCUT2D eigenvalue weighted by Gasteiger charge is -2.13. The number of rotatable bonds is 4. The van der Waals surface area contributed by atoms with Gasteiger partial charge >= 0.3 is 0 Å². The maximum atomic E-state index is 10.2. The minimum absolute atomic E-state index is 0.616. The van der Waals surface area contributed by atoms with Gasteiger partial charge in [0, 0.05) is 49.4 Å². The summed E-state index contributed by atoms with van der Waals surface area (Å²) in [5, 5.41) is 26.7. The van der Waals surface area contributed by atoms with Gasteiger partial charge in [-0.25, -0.2) is 0 Å². The first-order chi connectivity index (χ1) is 27.2. The quantitative estimate of drug-likeness (QED) is 0.184. The van der Waals surface area contributed by atoms with Crippen molar-refractivity contribution in [2.75, 3.05) is 0 Å². The molecule has 0 aliphatic carbocycles. The molecule has 0 fully saturated rings. The molecule has 3 heterocycles. The second-order valence-electron chi connectivity index (χ2n) is 14.0. The Morgan fingerprint density at radius 3 is 1.29 bits per heavy atom. The zero-order chi connectivity index (χ0) is 36.6. The van der Waals surface area contributed by atoms with Crippen LogP contribution < -0.4 is 0 Å². The van der Waals surface area contributed by atoms with Crippen LogP contribution in [-0.2, 0) is 0 Å². The minimum Gasteiger partial charge on any atom is -0.309 e. The Labute approximate surface area is 316 Å². The van der Waals surface area contributed by atoms with Gasteiger partial charge in [-0.3, -0.25) is 0 Å². The molecule has 0 amide bonds. The predicted octanol–water partition coefficient (Wildman–Crippen LogP) is 12.4. The van der Waals surface area contributed by atoms with Gasteiger partial charge in [0.25, 0.3) is 0 Å². The number of nitriles is 2. The SMILES string of the molecule is N#Cc1cc(-c2ccc(-n3c4ccccc4c4cc(-n5c6ccccc6c6cc(C#N)ccc65)ccc43)cc2)cc(-n2c3ccccc3c3ccccc32)c1. The summed E-state index contributed by atoms with van der Waals surface area (Å²) in [6, 6.07) is 66.0. The average Bonchev–Trinajstić information content (AvgIpc) is 3.89. The van der Waals surface area contributed by atoms with Gasteiger partial charge in [0.05, 0.1) is 56.4 Å². The topological polar surface area (TPSA) is 62.4 Å². The first kappa shape index (κ1) is 30.7. The lowest BCUT2D eigenvalue weighted by atomic mass is 10.0. The Bertz CT molecular complexity index is 3400. The highest BCUT2D eigenvalue weighted by Gasteiger charge is 2.18. The van der Waals surface area contributed by atoms with E-state index in [1.54, 1.807) is 0 Å². The van der Waals surface area contributed by atoms with E-state index >= 15 is 0 Å². The number of hydrogen-bond acceptors (Lipinski definition) is 2. The first-order valence-electron chi connectivity index (χ1n) is 18.3. The number of aromatic nitrogens is 3. The lowest BCUT2D eigenvalue weighted by molar-refractivity contribution is 1.16. The van der Waals surface area contributed by atoms with Crippen LogP contribution in [0, 0.1) is 22.7 Å². The standard InChI is InChI=1S/C50H29N5/c51-30-32-17-23-49-43(27-32)41-11-3-8-16-48(41)54(49)37-22-24-50-44(29-37)42-12-4-7-15-47(42)53(50)36-20-18-34(19-21-36)35-25-33(31-52)26-38(28-35)55-45-13-5-1-9-39(45)40-10-2-6-14-46(40)55/h1-29H. The molecule has 0 spiro atoms. The van der Waals surface area contributed by atoms with Crippen molar-refractivity contribution in [1.29, 1.82) is 10.5 Å². The number of hydrogen-bond donors (Lipinski definition) is 0. The van der Waals surface area contributed by atoms with E-state index < -0.39 is 0 Å². The van der Waals surface area contributed by atoms with Crippen molar-refractivity contribution < 1.29 is 0 Å². The number of benzene rings is 8. The van der Waals surface area contributed by atoms with Crippen LogP contribution in [0.25, 0.3) is 93.6 Å². The summed E-state index contributed by atoms with van der Waals surface area (Å²) in [6.07, 6.45) is 0. The molecule has 5 heteroatoms. The van der Waals surface area contributed by atoms with E-state index in [0.717, 1.165) is 77.4 Å². The van der Waals surface area contributed by atoms with Crippen molar-refractivity contribution in [2.45, 2.75) is 0 Å². The van der Waals surface area contributed by atoms with E-state index in [9.17, 15) is 10.5 Å². The molecule has 0 unspecified atom stereocenters. The Hall–Kier alpha value is -7.86. The summed E-state index contributed by atoms with van der Waals surface area (Å²) in [7, 11) is 0. The first-order valence-corrected chi connectivity index (χ1v) is 18.3. The Kier molecular flexibility index (Phi) is 6.61. The summed E-state index contributed by atoms with van der Waals surface area (Å²) < 4.78 is 6.90. The molecule has 254 valence electrons. The van der Waals surface area contributed by atoms with Gasteiger partial charge in [-0.15, -0.1) is 0 Å². The molecule has 0 bridgehead atoms. The molecule has 11 rings (SSSR count). The third-order valence-corrected chi connectivity index (χ3v) is 11.1. The molecule has 0 radical (unpaired) electrons. The van der Waals surface area contributed by atoms with Gasteiger partial charge in [-0.05, 0) is 102 Å². The van der Waals surface area contributed by atoms with Gasteiger partial charge in [-0.2, -0.15) is 10.5 Å². The summed E-state index contributed by atoms with van der Waals surface area (Å²) in [5.41, 5.74) is 13.0. The van der Waals surface area contributed by atoms with Crippen LogP contribution in [0.4, 0.5) is 0 Å². The number of para-hydroxylation sites is 4. The normalized spacial score (nSPS) is 11.6. The number of nitrogens with zero attached hydrogens (tertiary/aromatic N) is 5. The predicted molar refractivity (Wildman–Crippen MR) is 224 cm³/mol. The van der Waals surface area contributed by atoms with Crippen LogP contribution in [0.5, 0.6) is 0 Å². The molecule has 0 saturated carbocycles. The van der Waals surface area contributed by atoms with Crippen LogP contribution in [0.1, 0.15) is 11.1 Å². The summed E-state index contributed by atoms with van der Waals surface area (Å²) in [6.45, 7) is 0. The van der Waals surface area contributed by atoms with E-state index in [4.69, 9.17) is 0 Å². The van der Waals surface area contributed by atoms with Gasteiger partial charge in [0.1, 0.15) is 0 Å². The molecule has 0 aliphatic rings. The molecule has 3 aromatic heterocycles. The molecular formula is C50H29N5. The molecule has 11 aromatic rings. The van der Waals surface area contributed by atoms with E-state index in [1.165, 1.54) is 16.2 Å². The Morgan fingerprint density at radius 2 is 0.727 bits per heavy atom. The van der Waals surface area contributed by atoms with E-state index in [0.29, 0.717) is 11.1 Å².